The Morgan fingerprint density at radius 1 is 0.558 bits per heavy atom. The second-order valence-corrected chi connectivity index (χ2v) is 15.7. The number of phosphoric ester groups is 1. The first-order valence-electron chi connectivity index (χ1n) is 21.3. The summed E-state index contributed by atoms with van der Waals surface area (Å²) in [5, 5.41) is 0. The molecule has 0 aliphatic carbocycles. The van der Waals surface area contributed by atoms with Gasteiger partial charge in [-0.25, -0.2) is 4.57 Å². The van der Waals surface area contributed by atoms with Crippen molar-refractivity contribution in [3.05, 3.63) is 24.3 Å². The summed E-state index contributed by atoms with van der Waals surface area (Å²) in [4.78, 5) is 34.8. The summed E-state index contributed by atoms with van der Waals surface area (Å²) >= 11 is 0. The van der Waals surface area contributed by atoms with Gasteiger partial charge in [-0.2, -0.15) is 0 Å². The van der Waals surface area contributed by atoms with E-state index in [9.17, 15) is 19.0 Å². The molecule has 306 valence electrons. The molecular weight excluding hydrogens is 677 g/mol. The van der Waals surface area contributed by atoms with Gasteiger partial charge in [0.2, 0.25) is 0 Å². The molecule has 0 aromatic heterocycles. The van der Waals surface area contributed by atoms with E-state index in [1.807, 2.05) is 0 Å². The van der Waals surface area contributed by atoms with Crippen LogP contribution < -0.4 is 5.73 Å². The van der Waals surface area contributed by atoms with Gasteiger partial charge in [0.1, 0.15) is 6.61 Å². The smallest absolute Gasteiger partial charge is 0.462 e. The van der Waals surface area contributed by atoms with Gasteiger partial charge < -0.3 is 20.1 Å². The van der Waals surface area contributed by atoms with E-state index in [2.05, 4.69) is 38.2 Å². The number of rotatable bonds is 40. The highest BCUT2D eigenvalue weighted by Crippen LogP contribution is 2.43. The Kier molecular flexibility index (Phi) is 38.1. The van der Waals surface area contributed by atoms with Crippen LogP contribution in [0.2, 0.25) is 0 Å². The van der Waals surface area contributed by atoms with Crippen molar-refractivity contribution in [3.63, 3.8) is 0 Å². The highest BCUT2D eigenvalue weighted by atomic mass is 31.2. The third-order valence-corrected chi connectivity index (χ3v) is 10.0. The van der Waals surface area contributed by atoms with Crippen LogP contribution in [0.3, 0.4) is 0 Å². The fourth-order valence-electron chi connectivity index (χ4n) is 5.86. The lowest BCUT2D eigenvalue weighted by Crippen LogP contribution is -2.29. The average molecular weight is 758 g/mol. The van der Waals surface area contributed by atoms with Gasteiger partial charge in [0, 0.05) is 19.4 Å². The van der Waals surface area contributed by atoms with E-state index < -0.39 is 32.5 Å². The number of phosphoric acid groups is 1. The quantitative estimate of drug-likeness (QED) is 0.0271. The topological polar surface area (TPSA) is 134 Å². The number of hydrogen-bond acceptors (Lipinski definition) is 8. The summed E-state index contributed by atoms with van der Waals surface area (Å²) in [7, 11) is -4.38. The van der Waals surface area contributed by atoms with Gasteiger partial charge in [-0.3, -0.25) is 18.6 Å². The minimum absolute atomic E-state index is 0.0519. The molecule has 0 rings (SSSR count). The molecule has 0 saturated heterocycles. The predicted molar refractivity (Wildman–Crippen MR) is 215 cm³/mol. The minimum Gasteiger partial charge on any atom is -0.462 e. The van der Waals surface area contributed by atoms with Crippen LogP contribution in [0.15, 0.2) is 24.3 Å². The van der Waals surface area contributed by atoms with Gasteiger partial charge in [-0.1, -0.05) is 147 Å². The van der Waals surface area contributed by atoms with E-state index in [1.54, 1.807) is 0 Å². The zero-order chi connectivity index (χ0) is 38.2. The molecule has 52 heavy (non-hydrogen) atoms. The molecule has 0 aliphatic heterocycles. The molecule has 9 nitrogen and oxygen atoms in total. The molecule has 0 fully saturated rings. The van der Waals surface area contributed by atoms with Gasteiger partial charge in [0.25, 0.3) is 0 Å². The summed E-state index contributed by atoms with van der Waals surface area (Å²) in [5.74, 6) is -0.844. The number of esters is 2. The molecule has 0 heterocycles. The number of ether oxygens (including phenoxy) is 2. The van der Waals surface area contributed by atoms with Crippen LogP contribution in [0.4, 0.5) is 0 Å². The van der Waals surface area contributed by atoms with E-state index in [1.165, 1.54) is 96.3 Å². The Bertz CT molecular complexity index is 912. The standard InChI is InChI=1S/C42H80NO8P/c1-3-5-7-9-11-13-15-17-19-21-23-25-27-29-31-33-35-42(45)51-40(39-50-52(46,47)49-37-36-43)38-48-41(44)34-32-30-28-26-24-22-20-18-16-14-12-10-8-6-4-2/h18-21,40H,3-17,22-39,43H2,1-2H3,(H,46,47)/b20-18-,21-19-. The van der Waals surface area contributed by atoms with Crippen LogP contribution in [0, 0.1) is 0 Å². The second kappa shape index (κ2) is 39.2. The monoisotopic (exact) mass is 758 g/mol. The molecule has 0 amide bonds. The van der Waals surface area contributed by atoms with Crippen LogP contribution >= 0.6 is 7.82 Å². The van der Waals surface area contributed by atoms with Crippen molar-refractivity contribution >= 4 is 19.8 Å². The van der Waals surface area contributed by atoms with Crippen LogP contribution in [0.25, 0.3) is 0 Å². The van der Waals surface area contributed by atoms with Crippen molar-refractivity contribution in [2.45, 2.75) is 206 Å². The summed E-state index contributed by atoms with van der Waals surface area (Å²) in [5.41, 5.74) is 5.34. The average Bonchev–Trinajstić information content (AvgIpc) is 3.13. The van der Waals surface area contributed by atoms with E-state index in [-0.39, 0.29) is 32.6 Å². The highest BCUT2D eigenvalue weighted by molar-refractivity contribution is 7.47. The normalized spacial score (nSPS) is 13.5. The van der Waals surface area contributed by atoms with E-state index in [0.29, 0.717) is 6.42 Å². The highest BCUT2D eigenvalue weighted by Gasteiger charge is 2.26. The van der Waals surface area contributed by atoms with Gasteiger partial charge in [-0.05, 0) is 64.2 Å². The Morgan fingerprint density at radius 3 is 1.37 bits per heavy atom. The molecule has 0 bridgehead atoms. The lowest BCUT2D eigenvalue weighted by Gasteiger charge is -2.19. The van der Waals surface area contributed by atoms with Crippen LogP contribution in [-0.2, 0) is 32.7 Å². The summed E-state index contributed by atoms with van der Waals surface area (Å²) < 4.78 is 32.7. The van der Waals surface area contributed by atoms with Gasteiger partial charge >= 0.3 is 19.8 Å². The Balaban J connectivity index is 4.18. The van der Waals surface area contributed by atoms with Gasteiger partial charge in [0.05, 0.1) is 13.2 Å². The number of hydrogen-bond donors (Lipinski definition) is 2. The lowest BCUT2D eigenvalue weighted by molar-refractivity contribution is -0.161. The summed E-state index contributed by atoms with van der Waals surface area (Å²) in [6.45, 7) is 3.71. The first-order valence-corrected chi connectivity index (χ1v) is 22.8. The molecule has 0 aromatic rings. The van der Waals surface area contributed by atoms with Crippen molar-refractivity contribution in [2.75, 3.05) is 26.4 Å². The number of unbranched alkanes of at least 4 members (excludes halogenated alkanes) is 23. The first-order chi connectivity index (χ1) is 25.3. The molecule has 2 unspecified atom stereocenters. The fourth-order valence-corrected chi connectivity index (χ4v) is 6.62. The molecule has 0 aromatic carbocycles. The maximum Gasteiger partial charge on any atom is 0.472 e. The zero-order valence-corrected chi connectivity index (χ0v) is 34.4. The Hall–Kier alpha value is -1.51. The van der Waals surface area contributed by atoms with Crippen molar-refractivity contribution in [1.29, 1.82) is 0 Å². The SMILES string of the molecule is CCCCCCCC/C=C\CCCCCCCC(=O)OCC(COP(=O)(O)OCCN)OC(=O)CCCCCCC/C=C\CCCCCCCCC. The van der Waals surface area contributed by atoms with Crippen molar-refractivity contribution in [1.82, 2.24) is 0 Å². The number of carbonyl (C=O) groups excluding carboxylic acids is 2. The number of carbonyl (C=O) groups is 2. The molecular formula is C42H80NO8P. The molecule has 10 heteroatoms. The molecule has 0 radical (unpaired) electrons. The number of nitrogens with two attached hydrogens (primary N) is 1. The Morgan fingerprint density at radius 2 is 0.942 bits per heavy atom. The third-order valence-electron chi connectivity index (χ3n) is 9.06. The van der Waals surface area contributed by atoms with Crippen LogP contribution in [0.1, 0.15) is 200 Å². The first kappa shape index (κ1) is 50.5. The maximum absolute atomic E-state index is 12.6. The predicted octanol–water partition coefficient (Wildman–Crippen LogP) is 12.0. The molecule has 0 saturated carbocycles. The van der Waals surface area contributed by atoms with Gasteiger partial charge in [0.15, 0.2) is 6.10 Å². The molecule has 2 atom stereocenters. The van der Waals surface area contributed by atoms with Crippen LogP contribution in [0.5, 0.6) is 0 Å². The largest absolute Gasteiger partial charge is 0.472 e. The van der Waals surface area contributed by atoms with Crippen LogP contribution in [-0.4, -0.2) is 49.3 Å². The van der Waals surface area contributed by atoms with Gasteiger partial charge in [-0.15, -0.1) is 0 Å². The van der Waals surface area contributed by atoms with E-state index in [4.69, 9.17) is 24.3 Å². The van der Waals surface area contributed by atoms with E-state index in [0.717, 1.165) is 70.6 Å². The lowest BCUT2D eigenvalue weighted by atomic mass is 10.1. The molecule has 0 spiro atoms. The fraction of sp³-hybridized carbons (Fsp3) is 0.857. The zero-order valence-electron chi connectivity index (χ0n) is 33.6. The third kappa shape index (κ3) is 38.2. The summed E-state index contributed by atoms with van der Waals surface area (Å²) in [6.07, 6.45) is 40.6. The summed E-state index contributed by atoms with van der Waals surface area (Å²) in [6, 6.07) is 0. The second-order valence-electron chi connectivity index (χ2n) is 14.2. The van der Waals surface area contributed by atoms with Crippen molar-refractivity contribution < 1.29 is 37.6 Å². The van der Waals surface area contributed by atoms with Crippen molar-refractivity contribution in [2.24, 2.45) is 5.73 Å². The Labute approximate surface area is 319 Å². The maximum atomic E-state index is 12.6. The van der Waals surface area contributed by atoms with Crippen molar-refractivity contribution in [3.8, 4) is 0 Å². The number of allylic oxidation sites excluding steroid dienone is 4. The van der Waals surface area contributed by atoms with E-state index >= 15 is 0 Å². The molecule has 0 aliphatic rings. The minimum atomic E-state index is -4.38. The molecule has 3 N–H and O–H groups in total.